The Bertz CT molecular complexity index is 1050. The molecular formula is C23H22ClF4N3O. The Balaban J connectivity index is 1.28. The quantitative estimate of drug-likeness (QED) is 0.597. The van der Waals surface area contributed by atoms with Gasteiger partial charge >= 0.3 is 6.18 Å². The molecule has 32 heavy (non-hydrogen) atoms. The first-order chi connectivity index (χ1) is 15.2. The van der Waals surface area contributed by atoms with Gasteiger partial charge in [-0.2, -0.15) is 13.2 Å². The molecule has 2 aromatic rings. The van der Waals surface area contributed by atoms with E-state index in [1.165, 1.54) is 12.1 Å². The molecule has 9 heteroatoms. The predicted octanol–water partition coefficient (Wildman–Crippen LogP) is 5.34. The minimum absolute atomic E-state index is 0.0116. The first-order valence-corrected chi connectivity index (χ1v) is 10.8. The van der Waals surface area contributed by atoms with Gasteiger partial charge in [-0.15, -0.1) is 0 Å². The number of carbonyl (C=O) groups excluding carboxylic acids is 1. The first kappa shape index (κ1) is 22.6. The second-order valence-electron chi connectivity index (χ2n) is 8.23. The third kappa shape index (κ3) is 5.06. The van der Waals surface area contributed by atoms with Crippen molar-refractivity contribution in [2.24, 2.45) is 10.9 Å². The maximum atomic E-state index is 13.5. The Morgan fingerprint density at radius 3 is 2.56 bits per heavy atom. The molecule has 0 atom stereocenters. The number of alkyl halides is 3. The van der Waals surface area contributed by atoms with Gasteiger partial charge in [0.15, 0.2) is 0 Å². The average molecular weight is 468 g/mol. The van der Waals surface area contributed by atoms with Gasteiger partial charge in [0.1, 0.15) is 11.7 Å². The van der Waals surface area contributed by atoms with Crippen LogP contribution in [-0.2, 0) is 12.7 Å². The normalized spacial score (nSPS) is 20.5. The highest BCUT2D eigenvalue weighted by Crippen LogP contribution is 2.32. The summed E-state index contributed by atoms with van der Waals surface area (Å²) in [6.07, 6.45) is -1.42. The van der Waals surface area contributed by atoms with Crippen LogP contribution >= 0.6 is 11.6 Å². The number of amides is 1. The molecule has 4 nitrogen and oxygen atoms in total. The van der Waals surface area contributed by atoms with Crippen molar-refractivity contribution in [3.63, 3.8) is 0 Å². The third-order valence-electron chi connectivity index (χ3n) is 6.01. The van der Waals surface area contributed by atoms with Gasteiger partial charge in [0.05, 0.1) is 22.7 Å². The van der Waals surface area contributed by atoms with Crippen LogP contribution in [0.5, 0.6) is 0 Å². The molecule has 0 unspecified atom stereocenters. The van der Waals surface area contributed by atoms with E-state index < -0.39 is 17.6 Å². The molecular weight excluding hydrogens is 446 g/mol. The van der Waals surface area contributed by atoms with Crippen molar-refractivity contribution in [2.75, 3.05) is 6.54 Å². The van der Waals surface area contributed by atoms with Crippen molar-refractivity contribution >= 4 is 23.3 Å². The zero-order valence-corrected chi connectivity index (χ0v) is 17.9. The second kappa shape index (κ2) is 9.10. The van der Waals surface area contributed by atoms with Crippen LogP contribution < -0.4 is 10.6 Å². The fourth-order valence-corrected chi connectivity index (χ4v) is 4.40. The van der Waals surface area contributed by atoms with Gasteiger partial charge in [-0.25, -0.2) is 4.39 Å². The van der Waals surface area contributed by atoms with Crippen LogP contribution in [-0.4, -0.2) is 24.3 Å². The molecule has 2 aromatic carbocycles. The van der Waals surface area contributed by atoms with E-state index in [0.29, 0.717) is 37.7 Å². The van der Waals surface area contributed by atoms with Crippen LogP contribution in [0.3, 0.4) is 0 Å². The summed E-state index contributed by atoms with van der Waals surface area (Å²) in [7, 11) is 0. The summed E-state index contributed by atoms with van der Waals surface area (Å²) in [5.74, 6) is 0.175. The molecule has 1 amide bonds. The van der Waals surface area contributed by atoms with Crippen LogP contribution in [0.25, 0.3) is 0 Å². The van der Waals surface area contributed by atoms with Gasteiger partial charge in [0.25, 0.3) is 5.91 Å². The number of amidine groups is 1. The zero-order chi connectivity index (χ0) is 22.9. The maximum absolute atomic E-state index is 13.5. The number of nitrogens with zero attached hydrogens (tertiary/aromatic N) is 1. The van der Waals surface area contributed by atoms with E-state index in [2.05, 4.69) is 15.6 Å². The van der Waals surface area contributed by atoms with Crippen molar-refractivity contribution in [2.45, 2.75) is 44.4 Å². The second-order valence-corrected chi connectivity index (χ2v) is 8.64. The highest BCUT2D eigenvalue weighted by Gasteiger charge is 2.32. The van der Waals surface area contributed by atoms with Crippen molar-refractivity contribution in [1.29, 1.82) is 0 Å². The molecule has 170 valence electrons. The summed E-state index contributed by atoms with van der Waals surface area (Å²) in [6, 6.07) is 7.28. The lowest BCUT2D eigenvalue weighted by Gasteiger charge is -2.29. The fraction of sp³-hybridized carbons (Fsp3) is 0.391. The molecule has 2 aliphatic rings. The maximum Gasteiger partial charge on any atom is 0.416 e. The Morgan fingerprint density at radius 2 is 1.84 bits per heavy atom. The van der Waals surface area contributed by atoms with E-state index in [0.717, 1.165) is 42.2 Å². The number of benzene rings is 2. The smallest absolute Gasteiger partial charge is 0.370 e. The lowest BCUT2D eigenvalue weighted by molar-refractivity contribution is -0.137. The van der Waals surface area contributed by atoms with Crippen LogP contribution in [0.2, 0.25) is 5.02 Å². The van der Waals surface area contributed by atoms with Crippen molar-refractivity contribution in [3.8, 4) is 0 Å². The van der Waals surface area contributed by atoms with Crippen molar-refractivity contribution < 1.29 is 22.4 Å². The zero-order valence-electron chi connectivity index (χ0n) is 17.1. The Morgan fingerprint density at radius 1 is 1.09 bits per heavy atom. The van der Waals surface area contributed by atoms with Gasteiger partial charge in [-0.3, -0.25) is 9.79 Å². The molecule has 0 spiro atoms. The molecule has 1 aliphatic carbocycles. The Labute approximate surface area is 188 Å². The monoisotopic (exact) mass is 467 g/mol. The Hall–Kier alpha value is -2.61. The standard InChI is InChI=1S/C23H22ClF4N3O/c24-20-8-4-15(23(26,27)28)9-19(20)22(32)31-17-6-1-13(2-7-17)11-29-21-18-10-16(25)5-3-14(18)12-30-21/h3-5,8-10,13,17H,1-2,6-7,11-12H2,(H,29,30)(H,31,32). The summed E-state index contributed by atoms with van der Waals surface area (Å²) >= 11 is 5.96. The number of nitrogens with one attached hydrogen (secondary N) is 2. The number of rotatable bonds is 4. The minimum atomic E-state index is -4.54. The molecule has 1 saturated carbocycles. The third-order valence-corrected chi connectivity index (χ3v) is 6.34. The number of aliphatic imine (C=N–C) groups is 1. The first-order valence-electron chi connectivity index (χ1n) is 10.5. The van der Waals surface area contributed by atoms with E-state index in [9.17, 15) is 22.4 Å². The summed E-state index contributed by atoms with van der Waals surface area (Å²) in [6.45, 7) is 1.23. The van der Waals surface area contributed by atoms with Gasteiger partial charge in [-0.1, -0.05) is 17.7 Å². The van der Waals surface area contributed by atoms with Crippen LogP contribution in [0, 0.1) is 11.7 Å². The van der Waals surface area contributed by atoms with Gasteiger partial charge in [-0.05, 0) is 67.5 Å². The molecule has 0 saturated heterocycles. The summed E-state index contributed by atoms with van der Waals surface area (Å²) in [5.41, 5.74) is 0.714. The van der Waals surface area contributed by atoms with Crippen molar-refractivity contribution in [3.05, 3.63) is 69.5 Å². The van der Waals surface area contributed by atoms with Crippen LogP contribution in [0.1, 0.15) is 52.7 Å². The average Bonchev–Trinajstić information content (AvgIpc) is 3.14. The van der Waals surface area contributed by atoms with E-state index in [4.69, 9.17) is 11.6 Å². The highest BCUT2D eigenvalue weighted by atomic mass is 35.5. The van der Waals surface area contributed by atoms with E-state index in [-0.39, 0.29) is 22.4 Å². The highest BCUT2D eigenvalue weighted by molar-refractivity contribution is 6.33. The molecule has 0 bridgehead atoms. The lowest BCUT2D eigenvalue weighted by Crippen LogP contribution is -2.40. The SMILES string of the molecule is O=C(NC1CCC(CNC2=NCc3ccc(F)cc32)CC1)c1cc(C(F)(F)F)ccc1Cl. The number of carbonyl (C=O) groups is 1. The topological polar surface area (TPSA) is 53.5 Å². The van der Waals surface area contributed by atoms with Gasteiger partial charge in [0, 0.05) is 18.2 Å². The molecule has 0 aromatic heterocycles. The Kier molecular flexibility index (Phi) is 6.42. The molecule has 1 heterocycles. The minimum Gasteiger partial charge on any atom is -0.370 e. The molecule has 0 radical (unpaired) electrons. The molecule has 2 N–H and O–H groups in total. The van der Waals surface area contributed by atoms with Gasteiger partial charge < -0.3 is 10.6 Å². The largest absolute Gasteiger partial charge is 0.416 e. The van der Waals surface area contributed by atoms with Crippen LogP contribution in [0.15, 0.2) is 41.4 Å². The molecule has 1 aliphatic heterocycles. The predicted molar refractivity (Wildman–Crippen MR) is 114 cm³/mol. The molecule has 1 fully saturated rings. The summed E-state index contributed by atoms with van der Waals surface area (Å²) in [4.78, 5) is 17.0. The molecule has 4 rings (SSSR count). The van der Waals surface area contributed by atoms with E-state index in [1.54, 1.807) is 6.07 Å². The van der Waals surface area contributed by atoms with E-state index >= 15 is 0 Å². The number of fused-ring (bicyclic) bond motifs is 1. The van der Waals surface area contributed by atoms with E-state index in [1.807, 2.05) is 0 Å². The summed E-state index contributed by atoms with van der Waals surface area (Å²) in [5, 5.41) is 6.12. The number of hydrogen-bond donors (Lipinski definition) is 2. The lowest BCUT2D eigenvalue weighted by atomic mass is 9.85. The number of hydrogen-bond acceptors (Lipinski definition) is 3. The summed E-state index contributed by atoms with van der Waals surface area (Å²) < 4.78 is 52.4. The number of halogens is 5. The van der Waals surface area contributed by atoms with Crippen molar-refractivity contribution in [1.82, 2.24) is 10.6 Å². The van der Waals surface area contributed by atoms with Gasteiger partial charge in [0.2, 0.25) is 0 Å². The van der Waals surface area contributed by atoms with Crippen LogP contribution in [0.4, 0.5) is 17.6 Å². The fourth-order valence-electron chi connectivity index (χ4n) is 4.20.